The molecule has 2 N–H and O–H groups in total. The van der Waals surface area contributed by atoms with Crippen LogP contribution >= 0.6 is 0 Å². The number of rotatable bonds is 5. The summed E-state index contributed by atoms with van der Waals surface area (Å²) >= 11 is 0. The number of carboxylic acids is 1. The lowest BCUT2D eigenvalue weighted by Gasteiger charge is -2.33. The monoisotopic (exact) mass is 237 g/mol. The average molecular weight is 237 g/mol. The summed E-state index contributed by atoms with van der Waals surface area (Å²) in [6.45, 7) is 5.29. The van der Waals surface area contributed by atoms with E-state index in [1.54, 1.807) is 18.3 Å². The third-order valence-corrected chi connectivity index (χ3v) is 3.33. The van der Waals surface area contributed by atoms with E-state index in [9.17, 15) is 15.0 Å². The molecule has 3 unspecified atom stereocenters. The van der Waals surface area contributed by atoms with Crippen LogP contribution in [0.2, 0.25) is 0 Å². The number of nitrogens with zero attached hydrogens (tertiary/aromatic N) is 1. The number of hydrogen-bond acceptors (Lipinski definition) is 3. The lowest BCUT2D eigenvalue weighted by Crippen LogP contribution is -2.41. The van der Waals surface area contributed by atoms with Crippen LogP contribution in [0.5, 0.6) is 0 Å². The summed E-state index contributed by atoms with van der Waals surface area (Å²) < 4.78 is 0. The molecule has 0 fully saturated rings. The topological polar surface area (TPSA) is 70.4 Å². The Morgan fingerprint density at radius 2 is 2.24 bits per heavy atom. The molecule has 0 bridgehead atoms. The Morgan fingerprint density at radius 1 is 1.59 bits per heavy atom. The molecule has 0 aliphatic heterocycles. The Morgan fingerprint density at radius 3 is 2.65 bits per heavy atom. The molecule has 0 saturated heterocycles. The largest absolute Gasteiger partial charge is 0.481 e. The van der Waals surface area contributed by atoms with Crippen LogP contribution in [0, 0.1) is 11.8 Å². The van der Waals surface area contributed by atoms with Crippen molar-refractivity contribution in [3.63, 3.8) is 0 Å². The standard InChI is InChI=1S/C13H19NO3/c1-4-9(2)11(12(15)16)13(3,17)10-6-5-7-14-8-10/h5-9,11,17H,4H2,1-3H3,(H,15,16). The van der Waals surface area contributed by atoms with Gasteiger partial charge in [-0.25, -0.2) is 0 Å². The van der Waals surface area contributed by atoms with Gasteiger partial charge in [-0.1, -0.05) is 26.3 Å². The zero-order valence-corrected chi connectivity index (χ0v) is 10.4. The summed E-state index contributed by atoms with van der Waals surface area (Å²) in [5.41, 5.74) is -0.872. The second-order valence-electron chi connectivity index (χ2n) is 4.59. The third-order valence-electron chi connectivity index (χ3n) is 3.33. The van der Waals surface area contributed by atoms with Gasteiger partial charge in [0.1, 0.15) is 5.60 Å². The van der Waals surface area contributed by atoms with Gasteiger partial charge in [0.05, 0.1) is 5.92 Å². The minimum Gasteiger partial charge on any atom is -0.481 e. The molecule has 0 spiro atoms. The van der Waals surface area contributed by atoms with E-state index < -0.39 is 17.5 Å². The minimum atomic E-state index is -1.41. The summed E-state index contributed by atoms with van der Waals surface area (Å²) in [4.78, 5) is 15.3. The fourth-order valence-corrected chi connectivity index (χ4v) is 2.12. The first-order valence-corrected chi connectivity index (χ1v) is 5.77. The molecule has 0 aliphatic carbocycles. The van der Waals surface area contributed by atoms with Gasteiger partial charge in [-0.15, -0.1) is 0 Å². The lowest BCUT2D eigenvalue weighted by atomic mass is 9.75. The van der Waals surface area contributed by atoms with E-state index in [4.69, 9.17) is 0 Å². The molecule has 1 aromatic heterocycles. The van der Waals surface area contributed by atoms with Gasteiger partial charge < -0.3 is 10.2 Å². The van der Waals surface area contributed by atoms with Crippen LogP contribution in [0.3, 0.4) is 0 Å². The van der Waals surface area contributed by atoms with Crippen LogP contribution in [0.4, 0.5) is 0 Å². The molecule has 94 valence electrons. The Labute approximate surface area is 101 Å². The van der Waals surface area contributed by atoms with Crippen LogP contribution in [0.1, 0.15) is 32.8 Å². The molecule has 3 atom stereocenters. The normalized spacial score (nSPS) is 18.1. The highest BCUT2D eigenvalue weighted by molar-refractivity contribution is 5.72. The molecular weight excluding hydrogens is 218 g/mol. The van der Waals surface area contributed by atoms with Crippen LogP contribution in [-0.4, -0.2) is 21.2 Å². The first kappa shape index (κ1) is 13.6. The summed E-state index contributed by atoms with van der Waals surface area (Å²) in [6.07, 6.45) is 3.81. The van der Waals surface area contributed by atoms with Gasteiger partial charge >= 0.3 is 5.97 Å². The van der Waals surface area contributed by atoms with Crippen LogP contribution in [0.25, 0.3) is 0 Å². The number of pyridine rings is 1. The van der Waals surface area contributed by atoms with Gasteiger partial charge in [-0.3, -0.25) is 9.78 Å². The maximum Gasteiger partial charge on any atom is 0.310 e. The van der Waals surface area contributed by atoms with Crippen molar-refractivity contribution in [2.24, 2.45) is 11.8 Å². The van der Waals surface area contributed by atoms with Crippen molar-refractivity contribution in [2.75, 3.05) is 0 Å². The fraction of sp³-hybridized carbons (Fsp3) is 0.538. The van der Waals surface area contributed by atoms with Gasteiger partial charge in [0, 0.05) is 18.0 Å². The Hall–Kier alpha value is -1.42. The van der Waals surface area contributed by atoms with Gasteiger partial charge in [0.2, 0.25) is 0 Å². The van der Waals surface area contributed by atoms with Crippen LogP contribution in [0.15, 0.2) is 24.5 Å². The Bertz CT molecular complexity index is 376. The fourth-order valence-electron chi connectivity index (χ4n) is 2.12. The SMILES string of the molecule is CCC(C)C(C(=O)O)C(C)(O)c1cccnc1. The molecule has 1 aromatic rings. The van der Waals surface area contributed by atoms with E-state index >= 15 is 0 Å². The van der Waals surface area contributed by atoms with Crippen LogP contribution in [-0.2, 0) is 10.4 Å². The molecular formula is C13H19NO3. The lowest BCUT2D eigenvalue weighted by molar-refractivity contribution is -0.155. The summed E-state index contributed by atoms with van der Waals surface area (Å²) in [6, 6.07) is 3.39. The first-order valence-electron chi connectivity index (χ1n) is 5.77. The van der Waals surface area contributed by atoms with Gasteiger partial charge in [0.15, 0.2) is 0 Å². The molecule has 17 heavy (non-hydrogen) atoms. The van der Waals surface area contributed by atoms with Crippen molar-refractivity contribution >= 4 is 5.97 Å². The van der Waals surface area contributed by atoms with E-state index in [0.29, 0.717) is 12.0 Å². The van der Waals surface area contributed by atoms with Crippen molar-refractivity contribution in [2.45, 2.75) is 32.8 Å². The van der Waals surface area contributed by atoms with E-state index in [1.165, 1.54) is 13.1 Å². The molecule has 4 nitrogen and oxygen atoms in total. The number of aliphatic hydroxyl groups is 1. The number of aliphatic carboxylic acids is 1. The predicted octanol–water partition coefficient (Wildman–Crippen LogP) is 2.04. The molecule has 0 amide bonds. The van der Waals surface area contributed by atoms with Gasteiger partial charge in [-0.2, -0.15) is 0 Å². The highest BCUT2D eigenvalue weighted by atomic mass is 16.4. The van der Waals surface area contributed by atoms with E-state index in [0.717, 1.165) is 0 Å². The summed E-state index contributed by atoms with van der Waals surface area (Å²) in [7, 11) is 0. The molecule has 0 saturated carbocycles. The first-order chi connectivity index (χ1) is 7.91. The highest BCUT2D eigenvalue weighted by Gasteiger charge is 2.42. The molecule has 0 aromatic carbocycles. The van der Waals surface area contributed by atoms with Crippen molar-refractivity contribution in [1.29, 1.82) is 0 Å². The van der Waals surface area contributed by atoms with Gasteiger partial charge in [-0.05, 0) is 18.9 Å². The highest BCUT2D eigenvalue weighted by Crippen LogP contribution is 2.35. The zero-order chi connectivity index (χ0) is 13.1. The second-order valence-corrected chi connectivity index (χ2v) is 4.59. The maximum atomic E-state index is 11.3. The molecule has 1 heterocycles. The average Bonchev–Trinajstić information content (AvgIpc) is 2.29. The molecule has 4 heteroatoms. The van der Waals surface area contributed by atoms with Crippen LogP contribution < -0.4 is 0 Å². The number of carboxylic acid groups (broad SMARTS) is 1. The van der Waals surface area contributed by atoms with Crippen molar-refractivity contribution < 1.29 is 15.0 Å². The number of carbonyl (C=O) groups is 1. The zero-order valence-electron chi connectivity index (χ0n) is 10.4. The van der Waals surface area contributed by atoms with Gasteiger partial charge in [0.25, 0.3) is 0 Å². The molecule has 0 aliphatic rings. The summed E-state index contributed by atoms with van der Waals surface area (Å²) in [5.74, 6) is -1.92. The Balaban J connectivity index is 3.13. The van der Waals surface area contributed by atoms with Crippen molar-refractivity contribution in [3.8, 4) is 0 Å². The number of aromatic nitrogens is 1. The minimum absolute atomic E-state index is 0.109. The quantitative estimate of drug-likeness (QED) is 0.822. The smallest absolute Gasteiger partial charge is 0.310 e. The van der Waals surface area contributed by atoms with E-state index in [1.807, 2.05) is 13.8 Å². The summed E-state index contributed by atoms with van der Waals surface area (Å²) in [5, 5.41) is 19.8. The molecule has 0 radical (unpaired) electrons. The van der Waals surface area contributed by atoms with E-state index in [2.05, 4.69) is 4.98 Å². The molecule has 1 rings (SSSR count). The Kier molecular flexibility index (Phi) is 4.23. The van der Waals surface area contributed by atoms with Crippen molar-refractivity contribution in [3.05, 3.63) is 30.1 Å². The maximum absolute atomic E-state index is 11.3. The van der Waals surface area contributed by atoms with E-state index in [-0.39, 0.29) is 5.92 Å². The predicted molar refractivity (Wildman–Crippen MR) is 64.4 cm³/mol. The third kappa shape index (κ3) is 2.82. The van der Waals surface area contributed by atoms with Crippen molar-refractivity contribution in [1.82, 2.24) is 4.98 Å². The number of hydrogen-bond donors (Lipinski definition) is 2. The second kappa shape index (κ2) is 5.27.